The summed E-state index contributed by atoms with van der Waals surface area (Å²) in [5.74, 6) is 1.43. The summed E-state index contributed by atoms with van der Waals surface area (Å²) < 4.78 is 5.45. The van der Waals surface area contributed by atoms with Crippen molar-refractivity contribution in [2.75, 3.05) is 6.54 Å². The normalized spacial score (nSPS) is 16.9. The Morgan fingerprint density at radius 3 is 2.65 bits per heavy atom. The maximum absolute atomic E-state index is 11.8. The molecule has 5 heteroatoms. The van der Waals surface area contributed by atoms with Gasteiger partial charge < -0.3 is 15.1 Å². The smallest absolute Gasteiger partial charge is 0.239 e. The molecule has 1 atom stereocenters. The lowest BCUT2D eigenvalue weighted by atomic mass is 10.1. The molecule has 2 amide bonds. The van der Waals surface area contributed by atoms with Gasteiger partial charge in [0.15, 0.2) is 0 Å². The molecule has 1 unspecified atom stereocenters. The van der Waals surface area contributed by atoms with Gasteiger partial charge in [0.05, 0.1) is 12.6 Å². The van der Waals surface area contributed by atoms with E-state index in [1.165, 1.54) is 0 Å². The molecule has 110 valence electrons. The SMILES string of the molecule is Cc1ccc(C(C)NC(=O)CNC(=O)C2CCCC2)o1. The Balaban J connectivity index is 1.73. The van der Waals surface area contributed by atoms with Crippen LogP contribution in [0, 0.1) is 12.8 Å². The second-order valence-electron chi connectivity index (χ2n) is 5.44. The van der Waals surface area contributed by atoms with Gasteiger partial charge in [-0.25, -0.2) is 0 Å². The van der Waals surface area contributed by atoms with Gasteiger partial charge in [-0.3, -0.25) is 9.59 Å². The first-order chi connectivity index (χ1) is 9.56. The van der Waals surface area contributed by atoms with Crippen molar-refractivity contribution in [3.05, 3.63) is 23.7 Å². The minimum Gasteiger partial charge on any atom is -0.464 e. The predicted molar refractivity (Wildman–Crippen MR) is 75.0 cm³/mol. The summed E-state index contributed by atoms with van der Waals surface area (Å²) in [5, 5.41) is 5.51. The Bertz CT molecular complexity index is 475. The van der Waals surface area contributed by atoms with Crippen LogP contribution >= 0.6 is 0 Å². The number of rotatable bonds is 5. The molecule has 2 rings (SSSR count). The lowest BCUT2D eigenvalue weighted by Gasteiger charge is -2.13. The van der Waals surface area contributed by atoms with Crippen molar-refractivity contribution in [3.8, 4) is 0 Å². The van der Waals surface area contributed by atoms with Gasteiger partial charge in [-0.05, 0) is 38.8 Å². The third-order valence-corrected chi connectivity index (χ3v) is 3.71. The molecule has 0 bridgehead atoms. The second-order valence-corrected chi connectivity index (χ2v) is 5.44. The molecule has 1 heterocycles. The molecule has 0 radical (unpaired) electrons. The monoisotopic (exact) mass is 278 g/mol. The molecule has 5 nitrogen and oxygen atoms in total. The zero-order valence-corrected chi connectivity index (χ0v) is 12.1. The number of nitrogens with one attached hydrogen (secondary N) is 2. The van der Waals surface area contributed by atoms with Gasteiger partial charge in [-0.1, -0.05) is 12.8 Å². The fourth-order valence-electron chi connectivity index (χ4n) is 2.55. The Labute approximate surface area is 119 Å². The average Bonchev–Trinajstić information content (AvgIpc) is 3.06. The largest absolute Gasteiger partial charge is 0.464 e. The van der Waals surface area contributed by atoms with Gasteiger partial charge in [-0.2, -0.15) is 0 Å². The van der Waals surface area contributed by atoms with Crippen LogP contribution in [0.15, 0.2) is 16.5 Å². The zero-order valence-electron chi connectivity index (χ0n) is 12.1. The minimum atomic E-state index is -0.196. The van der Waals surface area contributed by atoms with Crippen LogP contribution in [-0.4, -0.2) is 18.4 Å². The minimum absolute atomic E-state index is 0.000791. The number of hydrogen-bond acceptors (Lipinski definition) is 3. The maximum Gasteiger partial charge on any atom is 0.239 e. The fraction of sp³-hybridized carbons (Fsp3) is 0.600. The number of carbonyl (C=O) groups is 2. The van der Waals surface area contributed by atoms with Crippen LogP contribution in [0.5, 0.6) is 0 Å². The third kappa shape index (κ3) is 3.85. The van der Waals surface area contributed by atoms with E-state index in [0.717, 1.165) is 37.2 Å². The lowest BCUT2D eigenvalue weighted by Crippen LogP contribution is -2.39. The van der Waals surface area contributed by atoms with Crippen molar-refractivity contribution in [1.29, 1.82) is 0 Å². The van der Waals surface area contributed by atoms with Crippen molar-refractivity contribution in [2.45, 2.75) is 45.6 Å². The quantitative estimate of drug-likeness (QED) is 0.866. The van der Waals surface area contributed by atoms with Gasteiger partial charge in [0.1, 0.15) is 11.5 Å². The van der Waals surface area contributed by atoms with Crippen molar-refractivity contribution in [3.63, 3.8) is 0 Å². The highest BCUT2D eigenvalue weighted by Crippen LogP contribution is 2.24. The molecule has 2 N–H and O–H groups in total. The Hall–Kier alpha value is -1.78. The molecule has 1 saturated carbocycles. The Morgan fingerprint density at radius 2 is 2.05 bits per heavy atom. The van der Waals surface area contributed by atoms with Gasteiger partial charge in [-0.15, -0.1) is 0 Å². The summed E-state index contributed by atoms with van der Waals surface area (Å²) in [6.07, 6.45) is 4.10. The van der Waals surface area contributed by atoms with E-state index in [4.69, 9.17) is 4.42 Å². The van der Waals surface area contributed by atoms with E-state index in [9.17, 15) is 9.59 Å². The number of amides is 2. The van der Waals surface area contributed by atoms with Gasteiger partial charge in [0.25, 0.3) is 0 Å². The molecule has 1 aliphatic carbocycles. The summed E-state index contributed by atoms with van der Waals surface area (Å²) in [6, 6.07) is 3.51. The first kappa shape index (κ1) is 14.6. The van der Waals surface area contributed by atoms with E-state index in [0.29, 0.717) is 0 Å². The maximum atomic E-state index is 11.8. The molecule has 0 spiro atoms. The highest BCUT2D eigenvalue weighted by Gasteiger charge is 2.23. The first-order valence-electron chi connectivity index (χ1n) is 7.19. The van der Waals surface area contributed by atoms with Gasteiger partial charge in [0.2, 0.25) is 11.8 Å². The summed E-state index contributed by atoms with van der Waals surface area (Å²) >= 11 is 0. The van der Waals surface area contributed by atoms with Crippen LogP contribution in [0.1, 0.15) is 50.2 Å². The zero-order chi connectivity index (χ0) is 14.5. The van der Waals surface area contributed by atoms with E-state index >= 15 is 0 Å². The van der Waals surface area contributed by atoms with Crippen LogP contribution in [0.25, 0.3) is 0 Å². The van der Waals surface area contributed by atoms with E-state index < -0.39 is 0 Å². The van der Waals surface area contributed by atoms with E-state index in [1.807, 2.05) is 26.0 Å². The Kier molecular flexibility index (Phi) is 4.82. The number of furan rings is 1. The summed E-state index contributed by atoms with van der Waals surface area (Å²) in [6.45, 7) is 3.74. The van der Waals surface area contributed by atoms with Crippen LogP contribution in [-0.2, 0) is 9.59 Å². The topological polar surface area (TPSA) is 71.3 Å². The molecule has 1 aliphatic rings. The molecule has 1 fully saturated rings. The fourth-order valence-corrected chi connectivity index (χ4v) is 2.55. The van der Waals surface area contributed by atoms with Crippen LogP contribution < -0.4 is 10.6 Å². The Morgan fingerprint density at radius 1 is 1.35 bits per heavy atom. The van der Waals surface area contributed by atoms with Crippen LogP contribution in [0.2, 0.25) is 0 Å². The molecule has 0 saturated heterocycles. The van der Waals surface area contributed by atoms with Crippen molar-refractivity contribution < 1.29 is 14.0 Å². The summed E-state index contributed by atoms with van der Waals surface area (Å²) in [4.78, 5) is 23.6. The van der Waals surface area contributed by atoms with Gasteiger partial charge in [0, 0.05) is 5.92 Å². The third-order valence-electron chi connectivity index (χ3n) is 3.71. The van der Waals surface area contributed by atoms with Crippen LogP contribution in [0.3, 0.4) is 0 Å². The van der Waals surface area contributed by atoms with Crippen LogP contribution in [0.4, 0.5) is 0 Å². The number of carbonyl (C=O) groups excluding carboxylic acids is 2. The number of hydrogen-bond donors (Lipinski definition) is 2. The average molecular weight is 278 g/mol. The van der Waals surface area contributed by atoms with Crippen molar-refractivity contribution >= 4 is 11.8 Å². The van der Waals surface area contributed by atoms with Crippen molar-refractivity contribution in [2.24, 2.45) is 5.92 Å². The summed E-state index contributed by atoms with van der Waals surface area (Å²) in [7, 11) is 0. The first-order valence-corrected chi connectivity index (χ1v) is 7.19. The molecule has 1 aromatic heterocycles. The molecule has 20 heavy (non-hydrogen) atoms. The van der Waals surface area contributed by atoms with Crippen molar-refractivity contribution in [1.82, 2.24) is 10.6 Å². The lowest BCUT2D eigenvalue weighted by molar-refractivity contribution is -0.128. The molecule has 0 aliphatic heterocycles. The van der Waals surface area contributed by atoms with E-state index in [2.05, 4.69) is 10.6 Å². The standard InChI is InChI=1S/C15H22N2O3/c1-10-7-8-13(20-10)11(2)17-14(18)9-16-15(19)12-5-3-4-6-12/h7-8,11-12H,3-6,9H2,1-2H3,(H,16,19)(H,17,18). The van der Waals surface area contributed by atoms with E-state index in [1.54, 1.807) is 0 Å². The molecular formula is C15H22N2O3. The predicted octanol–water partition coefficient (Wildman–Crippen LogP) is 2.07. The highest BCUT2D eigenvalue weighted by atomic mass is 16.3. The number of aryl methyl sites for hydroxylation is 1. The second kappa shape index (κ2) is 6.59. The van der Waals surface area contributed by atoms with Gasteiger partial charge >= 0.3 is 0 Å². The summed E-state index contributed by atoms with van der Waals surface area (Å²) in [5.41, 5.74) is 0. The molecule has 1 aromatic rings. The molecule has 0 aromatic carbocycles. The molecular weight excluding hydrogens is 256 g/mol. The highest BCUT2D eigenvalue weighted by molar-refractivity contribution is 5.86. The van der Waals surface area contributed by atoms with E-state index in [-0.39, 0.29) is 30.3 Å².